The highest BCUT2D eigenvalue weighted by Crippen LogP contribution is 2.32. The van der Waals surface area contributed by atoms with Crippen LogP contribution in [0.3, 0.4) is 0 Å². The van der Waals surface area contributed by atoms with E-state index in [1.54, 1.807) is 42.5 Å². The number of ether oxygens (including phenoxy) is 1. The minimum Gasteiger partial charge on any atom is -0.495 e. The molecule has 1 N–H and O–H groups in total. The van der Waals surface area contributed by atoms with E-state index in [2.05, 4.69) is 15.5 Å². The Morgan fingerprint density at radius 2 is 1.63 bits per heavy atom. The average Bonchev–Trinajstić information content (AvgIpc) is 3.34. The number of amides is 1. The predicted octanol–water partition coefficient (Wildman–Crippen LogP) is 4.67. The summed E-state index contributed by atoms with van der Waals surface area (Å²) in [5.41, 5.74) is 1.40. The second kappa shape index (κ2) is 11.3. The number of carbonyl (C=O) groups excluding carboxylic acids is 1. The molecular weight excluding hydrogens is 504 g/mol. The van der Waals surface area contributed by atoms with Gasteiger partial charge in [0, 0.05) is 5.75 Å². The Kier molecular flexibility index (Phi) is 8.01. The summed E-state index contributed by atoms with van der Waals surface area (Å²) in [6.07, 6.45) is 0. The monoisotopic (exact) mass is 526 g/mol. The zero-order valence-electron chi connectivity index (χ0n) is 18.7. The van der Waals surface area contributed by atoms with E-state index in [0.29, 0.717) is 15.2 Å². The summed E-state index contributed by atoms with van der Waals surface area (Å²) < 4.78 is 34.0. The summed E-state index contributed by atoms with van der Waals surface area (Å²) in [7, 11) is -2.61. The molecule has 0 saturated heterocycles. The van der Waals surface area contributed by atoms with Gasteiger partial charge in [0.1, 0.15) is 12.3 Å². The number of hydrogen-bond acceptors (Lipinski definition) is 8. The first-order valence-corrected chi connectivity index (χ1v) is 13.7. The lowest BCUT2D eigenvalue weighted by atomic mass is 10.2. The standard InChI is InChI=1S/C24H22N4O4S3/c1-32-21-15-9-8-14-20(21)28(35(30,31)19-12-6-3-7-13-19)16-22(29)25-23-26-27-24(34-23)33-17-18-10-4-2-5-11-18/h2-15H,16-17H2,1H3,(H,25,26,29). The van der Waals surface area contributed by atoms with Gasteiger partial charge in [-0.2, -0.15) is 0 Å². The lowest BCUT2D eigenvalue weighted by molar-refractivity contribution is -0.114. The number of aromatic nitrogens is 2. The van der Waals surface area contributed by atoms with Crippen molar-refractivity contribution in [3.05, 3.63) is 90.5 Å². The maximum Gasteiger partial charge on any atom is 0.264 e. The van der Waals surface area contributed by atoms with Crippen molar-refractivity contribution in [2.75, 3.05) is 23.3 Å². The van der Waals surface area contributed by atoms with Crippen molar-refractivity contribution in [3.63, 3.8) is 0 Å². The molecule has 1 amide bonds. The van der Waals surface area contributed by atoms with Gasteiger partial charge in [0.25, 0.3) is 10.0 Å². The number of benzene rings is 3. The topological polar surface area (TPSA) is 101 Å². The average molecular weight is 527 g/mol. The van der Waals surface area contributed by atoms with Crippen molar-refractivity contribution in [3.8, 4) is 5.75 Å². The van der Waals surface area contributed by atoms with Gasteiger partial charge in [-0.1, -0.05) is 83.8 Å². The molecule has 4 rings (SSSR count). The van der Waals surface area contributed by atoms with Crippen molar-refractivity contribution in [1.29, 1.82) is 0 Å². The molecule has 11 heteroatoms. The second-order valence-corrected chi connectivity index (χ2v) is 11.3. The van der Waals surface area contributed by atoms with Crippen LogP contribution in [0.2, 0.25) is 0 Å². The molecule has 0 aliphatic heterocycles. The Labute approximate surface area is 212 Å². The van der Waals surface area contributed by atoms with Gasteiger partial charge in [-0.3, -0.25) is 14.4 Å². The van der Waals surface area contributed by atoms with Crippen LogP contribution in [0.15, 0.2) is 94.2 Å². The molecular formula is C24H22N4O4S3. The fraction of sp³-hybridized carbons (Fsp3) is 0.125. The van der Waals surface area contributed by atoms with Crippen LogP contribution < -0.4 is 14.4 Å². The number of nitrogens with zero attached hydrogens (tertiary/aromatic N) is 3. The molecule has 1 aromatic heterocycles. The van der Waals surface area contributed by atoms with Gasteiger partial charge in [-0.05, 0) is 29.8 Å². The van der Waals surface area contributed by atoms with E-state index >= 15 is 0 Å². The molecule has 0 atom stereocenters. The fourth-order valence-corrected chi connectivity index (χ4v) is 6.36. The zero-order chi connectivity index (χ0) is 24.7. The van der Waals surface area contributed by atoms with E-state index in [-0.39, 0.29) is 10.6 Å². The van der Waals surface area contributed by atoms with Crippen LogP contribution in [0.25, 0.3) is 0 Å². The number of carbonyl (C=O) groups is 1. The van der Waals surface area contributed by atoms with E-state index in [4.69, 9.17) is 4.74 Å². The molecule has 35 heavy (non-hydrogen) atoms. The SMILES string of the molecule is COc1ccccc1N(CC(=O)Nc1nnc(SCc2ccccc2)s1)S(=O)(=O)c1ccccc1. The van der Waals surface area contributed by atoms with Crippen molar-refractivity contribution in [2.24, 2.45) is 0 Å². The molecule has 4 aromatic rings. The van der Waals surface area contributed by atoms with Gasteiger partial charge < -0.3 is 4.74 Å². The molecule has 1 heterocycles. The molecule has 0 spiro atoms. The van der Waals surface area contributed by atoms with Crippen LogP contribution in [0.1, 0.15) is 5.56 Å². The van der Waals surface area contributed by atoms with Crippen molar-refractivity contribution >= 4 is 49.8 Å². The first-order chi connectivity index (χ1) is 17.0. The molecule has 0 aliphatic rings. The highest BCUT2D eigenvalue weighted by atomic mass is 32.2. The first-order valence-electron chi connectivity index (χ1n) is 10.5. The quantitative estimate of drug-likeness (QED) is 0.237. The summed E-state index contributed by atoms with van der Waals surface area (Å²) in [6, 6.07) is 24.5. The third-order valence-corrected chi connectivity index (χ3v) is 8.65. The maximum atomic E-state index is 13.5. The summed E-state index contributed by atoms with van der Waals surface area (Å²) in [6.45, 7) is -0.469. The highest BCUT2D eigenvalue weighted by molar-refractivity contribution is 8.00. The van der Waals surface area contributed by atoms with Gasteiger partial charge >= 0.3 is 0 Å². The molecule has 0 fully saturated rings. The number of thioether (sulfide) groups is 1. The highest BCUT2D eigenvalue weighted by Gasteiger charge is 2.29. The van der Waals surface area contributed by atoms with Crippen molar-refractivity contribution in [1.82, 2.24) is 10.2 Å². The first kappa shape index (κ1) is 24.7. The van der Waals surface area contributed by atoms with Gasteiger partial charge in [0.2, 0.25) is 11.0 Å². The minimum absolute atomic E-state index is 0.0641. The van der Waals surface area contributed by atoms with Gasteiger partial charge in [0.15, 0.2) is 4.34 Å². The largest absolute Gasteiger partial charge is 0.495 e. The van der Waals surface area contributed by atoms with E-state index in [0.717, 1.165) is 15.6 Å². The zero-order valence-corrected chi connectivity index (χ0v) is 21.1. The van der Waals surface area contributed by atoms with E-state index < -0.39 is 22.5 Å². The Hall–Kier alpha value is -3.41. The van der Waals surface area contributed by atoms with Crippen molar-refractivity contribution < 1.29 is 17.9 Å². The van der Waals surface area contributed by atoms with Gasteiger partial charge in [-0.15, -0.1) is 10.2 Å². The lowest BCUT2D eigenvalue weighted by Gasteiger charge is -2.25. The number of methoxy groups -OCH3 is 1. The summed E-state index contributed by atoms with van der Waals surface area (Å²) in [5.74, 6) is 0.502. The van der Waals surface area contributed by atoms with Gasteiger partial charge in [-0.25, -0.2) is 8.42 Å². The Morgan fingerprint density at radius 3 is 2.34 bits per heavy atom. The third-order valence-electron chi connectivity index (χ3n) is 4.83. The Morgan fingerprint density at radius 1 is 0.971 bits per heavy atom. The number of sulfonamides is 1. The lowest BCUT2D eigenvalue weighted by Crippen LogP contribution is -2.38. The predicted molar refractivity (Wildman–Crippen MR) is 139 cm³/mol. The normalized spacial score (nSPS) is 11.1. The third kappa shape index (κ3) is 6.18. The van der Waals surface area contributed by atoms with Crippen molar-refractivity contribution in [2.45, 2.75) is 15.0 Å². The Balaban J connectivity index is 1.52. The van der Waals surface area contributed by atoms with Crippen LogP contribution in [0, 0.1) is 0 Å². The van der Waals surface area contributed by atoms with Crippen LogP contribution in [0.5, 0.6) is 5.75 Å². The van der Waals surface area contributed by atoms with Gasteiger partial charge in [0.05, 0.1) is 17.7 Å². The van der Waals surface area contributed by atoms with Crippen LogP contribution in [-0.2, 0) is 20.6 Å². The number of para-hydroxylation sites is 2. The molecule has 180 valence electrons. The summed E-state index contributed by atoms with van der Waals surface area (Å²) >= 11 is 2.74. The summed E-state index contributed by atoms with van der Waals surface area (Å²) in [5, 5.41) is 11.1. The number of anilines is 2. The molecule has 8 nitrogen and oxygen atoms in total. The van der Waals surface area contributed by atoms with E-state index in [1.807, 2.05) is 30.3 Å². The number of hydrogen-bond donors (Lipinski definition) is 1. The molecule has 0 bridgehead atoms. The molecule has 0 unspecified atom stereocenters. The molecule has 0 saturated carbocycles. The van der Waals surface area contributed by atoms with E-state index in [9.17, 15) is 13.2 Å². The smallest absolute Gasteiger partial charge is 0.264 e. The Bertz CT molecular complexity index is 1380. The van der Waals surface area contributed by atoms with Crippen LogP contribution in [0.4, 0.5) is 10.8 Å². The second-order valence-electron chi connectivity index (χ2n) is 7.19. The minimum atomic E-state index is -4.05. The molecule has 0 aliphatic carbocycles. The number of rotatable bonds is 10. The fourth-order valence-electron chi connectivity index (χ4n) is 3.18. The molecule has 3 aromatic carbocycles. The number of nitrogens with one attached hydrogen (secondary N) is 1. The summed E-state index contributed by atoms with van der Waals surface area (Å²) in [4.78, 5) is 13.0. The van der Waals surface area contributed by atoms with Crippen LogP contribution >= 0.6 is 23.1 Å². The van der Waals surface area contributed by atoms with E-state index in [1.165, 1.54) is 42.3 Å². The maximum absolute atomic E-state index is 13.5. The molecule has 0 radical (unpaired) electrons. The van der Waals surface area contributed by atoms with Crippen LogP contribution in [-0.4, -0.2) is 38.2 Å².